The second kappa shape index (κ2) is 6.95. The number of likely N-dealkylation sites (tertiary alicyclic amines) is 1. The van der Waals surface area contributed by atoms with Crippen molar-refractivity contribution >= 4 is 5.91 Å². The summed E-state index contributed by atoms with van der Waals surface area (Å²) in [5.74, 6) is -0.0822. The van der Waals surface area contributed by atoms with Crippen LogP contribution >= 0.6 is 0 Å². The first kappa shape index (κ1) is 15.9. The van der Waals surface area contributed by atoms with E-state index in [0.717, 1.165) is 18.5 Å². The van der Waals surface area contributed by atoms with Gasteiger partial charge in [0, 0.05) is 19.3 Å². The molecule has 1 atom stereocenters. The first-order valence-electron chi connectivity index (χ1n) is 7.51. The Morgan fingerprint density at radius 1 is 1.43 bits per heavy atom. The third-order valence-corrected chi connectivity index (χ3v) is 4.01. The van der Waals surface area contributed by atoms with E-state index < -0.39 is 5.60 Å². The predicted octanol–water partition coefficient (Wildman–Crippen LogP) is 0.779. The van der Waals surface area contributed by atoms with Crippen LogP contribution in [-0.2, 0) is 6.42 Å². The van der Waals surface area contributed by atoms with Gasteiger partial charge in [-0.1, -0.05) is 13.3 Å². The monoisotopic (exact) mass is 293 g/mol. The molecular weight excluding hydrogens is 270 g/mol. The zero-order valence-corrected chi connectivity index (χ0v) is 12.5. The maximum atomic E-state index is 12.6. The van der Waals surface area contributed by atoms with Gasteiger partial charge >= 0.3 is 0 Å². The van der Waals surface area contributed by atoms with E-state index in [4.69, 9.17) is 0 Å². The highest BCUT2D eigenvalue weighted by atomic mass is 16.3. The molecule has 0 radical (unpaired) electrons. The zero-order chi connectivity index (χ0) is 15.3. The zero-order valence-electron chi connectivity index (χ0n) is 12.5. The Labute approximate surface area is 124 Å². The van der Waals surface area contributed by atoms with Crippen LogP contribution in [0.3, 0.4) is 0 Å². The molecule has 1 aromatic rings. The Kier molecular flexibility index (Phi) is 5.25. The Morgan fingerprint density at radius 3 is 2.95 bits per heavy atom. The topological polar surface area (TPSA) is 86.6 Å². The minimum absolute atomic E-state index is 0.0822. The lowest BCUT2D eigenvalue weighted by Crippen LogP contribution is -2.37. The van der Waals surface area contributed by atoms with Crippen molar-refractivity contribution in [1.82, 2.24) is 14.9 Å². The molecule has 6 heteroatoms. The van der Waals surface area contributed by atoms with E-state index in [9.17, 15) is 15.0 Å². The highest BCUT2D eigenvalue weighted by Gasteiger charge is 2.31. The normalized spacial score (nSPS) is 22.9. The molecule has 1 amide bonds. The number of aliphatic hydroxyl groups excluding tert-OH is 1. The number of rotatable bonds is 4. The molecule has 0 aromatic carbocycles. The lowest BCUT2D eigenvalue weighted by atomic mass is 9.96. The Bertz CT molecular complexity index is 495. The molecule has 0 bridgehead atoms. The molecule has 2 rings (SSSR count). The summed E-state index contributed by atoms with van der Waals surface area (Å²) in [5, 5.41) is 19.4. The lowest BCUT2D eigenvalue weighted by Gasteiger charge is -2.24. The summed E-state index contributed by atoms with van der Waals surface area (Å²) in [7, 11) is 0. The number of aromatic nitrogens is 2. The average Bonchev–Trinajstić information content (AvgIpc) is 2.70. The van der Waals surface area contributed by atoms with Crippen LogP contribution in [0.5, 0.6) is 0 Å². The van der Waals surface area contributed by atoms with Gasteiger partial charge in [0.2, 0.25) is 0 Å². The van der Waals surface area contributed by atoms with E-state index in [1.807, 2.05) is 6.92 Å². The summed E-state index contributed by atoms with van der Waals surface area (Å²) in [5.41, 5.74) is 0.266. The first-order chi connectivity index (χ1) is 10.1. The molecule has 1 unspecified atom stereocenters. The fourth-order valence-corrected chi connectivity index (χ4v) is 2.68. The number of hydrogen-bond donors (Lipinski definition) is 2. The molecule has 0 saturated carbocycles. The average molecular weight is 293 g/mol. The van der Waals surface area contributed by atoms with Crippen LogP contribution in [0.15, 0.2) is 12.5 Å². The highest BCUT2D eigenvalue weighted by Crippen LogP contribution is 2.23. The van der Waals surface area contributed by atoms with Gasteiger partial charge < -0.3 is 15.1 Å². The molecule has 1 aliphatic rings. The van der Waals surface area contributed by atoms with Crippen molar-refractivity contribution < 1.29 is 15.0 Å². The molecule has 0 aliphatic carbocycles. The third-order valence-electron chi connectivity index (χ3n) is 4.01. The number of hydrogen-bond acceptors (Lipinski definition) is 5. The van der Waals surface area contributed by atoms with E-state index in [2.05, 4.69) is 9.97 Å². The van der Waals surface area contributed by atoms with Gasteiger partial charge in [0.15, 0.2) is 0 Å². The maximum Gasteiger partial charge on any atom is 0.257 e. The molecule has 2 heterocycles. The summed E-state index contributed by atoms with van der Waals surface area (Å²) in [6.07, 6.45) is 6.30. The van der Waals surface area contributed by atoms with Crippen molar-refractivity contribution in [3.8, 4) is 0 Å². The smallest absolute Gasteiger partial charge is 0.257 e. The van der Waals surface area contributed by atoms with Gasteiger partial charge in [-0.15, -0.1) is 0 Å². The summed E-state index contributed by atoms with van der Waals surface area (Å²) >= 11 is 0. The fourth-order valence-electron chi connectivity index (χ4n) is 2.68. The number of carbonyl (C=O) groups is 1. The van der Waals surface area contributed by atoms with Crippen LogP contribution in [0.4, 0.5) is 0 Å². The van der Waals surface area contributed by atoms with Gasteiger partial charge in [-0.05, 0) is 25.7 Å². The van der Waals surface area contributed by atoms with Gasteiger partial charge in [0.05, 0.1) is 23.5 Å². The van der Waals surface area contributed by atoms with Crippen molar-refractivity contribution in [2.24, 2.45) is 0 Å². The summed E-state index contributed by atoms with van der Waals surface area (Å²) in [4.78, 5) is 22.5. The van der Waals surface area contributed by atoms with Crippen LogP contribution in [0.2, 0.25) is 0 Å². The fraction of sp³-hybridized carbons (Fsp3) is 0.667. The van der Waals surface area contributed by atoms with E-state index in [0.29, 0.717) is 37.9 Å². The first-order valence-corrected chi connectivity index (χ1v) is 7.51. The van der Waals surface area contributed by atoms with Gasteiger partial charge in [-0.2, -0.15) is 0 Å². The minimum Gasteiger partial charge on any atom is -0.393 e. The molecule has 116 valence electrons. The number of carbonyl (C=O) groups excluding carboxylic acids is 1. The molecular formula is C15H23N3O3. The van der Waals surface area contributed by atoms with Crippen molar-refractivity contribution in [2.45, 2.75) is 44.6 Å². The largest absolute Gasteiger partial charge is 0.393 e. The van der Waals surface area contributed by atoms with Crippen molar-refractivity contribution in [2.75, 3.05) is 19.7 Å². The molecule has 1 aromatic heterocycles. The minimum atomic E-state index is -1.06. The summed E-state index contributed by atoms with van der Waals surface area (Å²) in [6, 6.07) is 0. The third kappa shape index (κ3) is 3.77. The lowest BCUT2D eigenvalue weighted by molar-refractivity contribution is -0.0250. The molecule has 2 N–H and O–H groups in total. The molecule has 21 heavy (non-hydrogen) atoms. The van der Waals surface area contributed by atoms with Crippen LogP contribution < -0.4 is 0 Å². The van der Waals surface area contributed by atoms with Crippen LogP contribution in [-0.4, -0.2) is 56.3 Å². The molecule has 6 nitrogen and oxygen atoms in total. The van der Waals surface area contributed by atoms with E-state index in [-0.39, 0.29) is 12.5 Å². The molecule has 1 saturated heterocycles. The Morgan fingerprint density at radius 2 is 2.24 bits per heavy atom. The quantitative estimate of drug-likeness (QED) is 0.856. The highest BCUT2D eigenvalue weighted by molar-refractivity contribution is 5.95. The van der Waals surface area contributed by atoms with Crippen LogP contribution in [0, 0.1) is 0 Å². The second-order valence-electron chi connectivity index (χ2n) is 5.66. The van der Waals surface area contributed by atoms with Crippen molar-refractivity contribution in [3.05, 3.63) is 23.8 Å². The maximum absolute atomic E-state index is 12.6. The van der Waals surface area contributed by atoms with Crippen LogP contribution in [0.25, 0.3) is 0 Å². The number of amides is 1. The van der Waals surface area contributed by atoms with Gasteiger partial charge in [-0.25, -0.2) is 9.97 Å². The van der Waals surface area contributed by atoms with E-state index >= 15 is 0 Å². The van der Waals surface area contributed by atoms with Gasteiger partial charge in [0.25, 0.3) is 5.91 Å². The van der Waals surface area contributed by atoms with Crippen molar-refractivity contribution in [1.29, 1.82) is 0 Å². The van der Waals surface area contributed by atoms with E-state index in [1.165, 1.54) is 6.33 Å². The summed E-state index contributed by atoms with van der Waals surface area (Å²) < 4.78 is 0. The van der Waals surface area contributed by atoms with E-state index in [1.54, 1.807) is 11.1 Å². The molecule has 1 fully saturated rings. The van der Waals surface area contributed by atoms with Gasteiger partial charge in [-0.3, -0.25) is 4.79 Å². The standard InChI is InChI=1S/C15H23N3O3/c1-2-4-13-12(9-16-11-17-13)14(20)18-7-3-5-15(21,10-19)6-8-18/h9,11,19,21H,2-8,10H2,1H3. The van der Waals surface area contributed by atoms with Crippen LogP contribution in [0.1, 0.15) is 48.7 Å². The second-order valence-corrected chi connectivity index (χ2v) is 5.66. The number of aliphatic hydroxyl groups is 2. The number of nitrogens with zero attached hydrogens (tertiary/aromatic N) is 3. The molecule has 1 aliphatic heterocycles. The Hall–Kier alpha value is -1.53. The molecule has 0 spiro atoms. The van der Waals surface area contributed by atoms with Crippen molar-refractivity contribution in [3.63, 3.8) is 0 Å². The SMILES string of the molecule is CCCc1ncncc1C(=O)N1CCCC(O)(CO)CC1. The summed E-state index contributed by atoms with van der Waals surface area (Å²) in [6.45, 7) is 2.81. The Balaban J connectivity index is 2.13. The predicted molar refractivity (Wildman–Crippen MR) is 77.8 cm³/mol. The van der Waals surface area contributed by atoms with Gasteiger partial charge in [0.1, 0.15) is 6.33 Å². The number of aryl methyl sites for hydroxylation is 1.